The van der Waals surface area contributed by atoms with Crippen LogP contribution in [0.4, 0.5) is 0 Å². The van der Waals surface area contributed by atoms with Gasteiger partial charge in [-0.05, 0) is 79.0 Å². The van der Waals surface area contributed by atoms with Gasteiger partial charge in [-0.2, -0.15) is 0 Å². The van der Waals surface area contributed by atoms with Crippen LogP contribution in [0.2, 0.25) is 0 Å². The van der Waals surface area contributed by atoms with Gasteiger partial charge in [0.2, 0.25) is 0 Å². The third-order valence-corrected chi connectivity index (χ3v) is 7.55. The van der Waals surface area contributed by atoms with E-state index in [-0.39, 0.29) is 5.92 Å². The van der Waals surface area contributed by atoms with Gasteiger partial charge in [-0.15, -0.1) is 23.1 Å². The smallest absolute Gasteiger partial charge is 0.119 e. The second-order valence-electron chi connectivity index (χ2n) is 7.89. The average molecular weight is 438 g/mol. The van der Waals surface area contributed by atoms with Crippen LogP contribution >= 0.6 is 23.1 Å². The number of benzene rings is 2. The second kappa shape index (κ2) is 11.0. The molecule has 4 heteroatoms. The van der Waals surface area contributed by atoms with Crippen LogP contribution in [0.1, 0.15) is 47.6 Å². The van der Waals surface area contributed by atoms with E-state index in [1.165, 1.54) is 59.7 Å². The third-order valence-electron chi connectivity index (χ3n) is 5.87. The number of thioether (sulfide) groups is 1. The van der Waals surface area contributed by atoms with Crippen LogP contribution in [0.25, 0.3) is 0 Å². The summed E-state index contributed by atoms with van der Waals surface area (Å²) in [7, 11) is 0. The summed E-state index contributed by atoms with van der Waals surface area (Å²) in [6, 6.07) is 22.1. The highest BCUT2D eigenvalue weighted by atomic mass is 32.2. The van der Waals surface area contributed by atoms with Crippen LogP contribution < -0.4 is 4.74 Å². The highest BCUT2D eigenvalue weighted by molar-refractivity contribution is 7.98. The molecular weight excluding hydrogens is 406 g/mol. The van der Waals surface area contributed by atoms with E-state index in [2.05, 4.69) is 77.2 Å². The maximum atomic E-state index is 6.07. The maximum Gasteiger partial charge on any atom is 0.119 e. The largest absolute Gasteiger partial charge is 0.492 e. The zero-order valence-corrected chi connectivity index (χ0v) is 19.4. The number of hydrogen-bond donors (Lipinski definition) is 0. The highest BCUT2D eigenvalue weighted by Gasteiger charge is 2.18. The molecule has 2 aromatic carbocycles. The Bertz CT molecular complexity index is 866. The van der Waals surface area contributed by atoms with E-state index < -0.39 is 0 Å². The summed E-state index contributed by atoms with van der Waals surface area (Å²) in [5.74, 6) is 1.24. The Morgan fingerprint density at radius 2 is 1.57 bits per heavy atom. The molecule has 0 spiro atoms. The third kappa shape index (κ3) is 5.69. The molecule has 2 heterocycles. The lowest BCUT2D eigenvalue weighted by molar-refractivity contribution is 0.214. The molecule has 1 saturated heterocycles. The first kappa shape index (κ1) is 21.5. The fourth-order valence-corrected chi connectivity index (χ4v) is 5.47. The molecule has 1 aliphatic heterocycles. The lowest BCUT2D eigenvalue weighted by Crippen LogP contribution is -2.29. The minimum Gasteiger partial charge on any atom is -0.492 e. The molecule has 0 unspecified atom stereocenters. The molecule has 1 aliphatic rings. The molecule has 1 aromatic heterocycles. The van der Waals surface area contributed by atoms with E-state index in [1.807, 2.05) is 11.3 Å². The Hall–Kier alpha value is -1.75. The Morgan fingerprint density at radius 3 is 2.17 bits per heavy atom. The topological polar surface area (TPSA) is 12.5 Å². The van der Waals surface area contributed by atoms with Gasteiger partial charge >= 0.3 is 0 Å². The van der Waals surface area contributed by atoms with Gasteiger partial charge in [0.25, 0.3) is 0 Å². The molecule has 1 atom stereocenters. The molecule has 0 aliphatic carbocycles. The molecular formula is C26H31NOS2. The zero-order chi connectivity index (χ0) is 20.6. The molecule has 3 aromatic rings. The standard InChI is InChI=1S/C26H31NOS2/c1-29-24-14-10-22(11-15-24)26(25-7-6-20-30-25)21-8-12-23(13-9-21)28-19-18-27-16-4-2-3-5-17-27/h6-15,20,26H,2-5,16-19H2,1H3/t26-/m0/s1. The van der Waals surface area contributed by atoms with Gasteiger partial charge < -0.3 is 4.74 Å². The molecule has 2 nitrogen and oxygen atoms in total. The summed E-state index contributed by atoms with van der Waals surface area (Å²) in [4.78, 5) is 5.23. The van der Waals surface area contributed by atoms with E-state index in [1.54, 1.807) is 11.8 Å². The van der Waals surface area contributed by atoms with Crippen molar-refractivity contribution in [1.29, 1.82) is 0 Å². The Balaban J connectivity index is 1.43. The van der Waals surface area contributed by atoms with Crippen molar-refractivity contribution in [1.82, 2.24) is 4.90 Å². The number of thiophene rings is 1. The van der Waals surface area contributed by atoms with Crippen molar-refractivity contribution in [3.8, 4) is 5.75 Å². The first-order chi connectivity index (χ1) is 14.8. The summed E-state index contributed by atoms with van der Waals surface area (Å²) in [5.41, 5.74) is 2.65. The molecule has 4 rings (SSSR count). The SMILES string of the molecule is CSc1ccc([C@H](c2ccc(OCCN3CCCCCC3)cc2)c2cccs2)cc1. The van der Waals surface area contributed by atoms with Crippen LogP contribution in [0, 0.1) is 0 Å². The van der Waals surface area contributed by atoms with Gasteiger partial charge in [0.05, 0.1) is 0 Å². The van der Waals surface area contributed by atoms with Gasteiger partial charge in [-0.3, -0.25) is 4.90 Å². The van der Waals surface area contributed by atoms with Crippen molar-refractivity contribution in [3.63, 3.8) is 0 Å². The van der Waals surface area contributed by atoms with Gasteiger partial charge in [0, 0.05) is 22.2 Å². The first-order valence-electron chi connectivity index (χ1n) is 11.0. The molecule has 0 radical (unpaired) electrons. The van der Waals surface area contributed by atoms with Crippen molar-refractivity contribution in [3.05, 3.63) is 82.0 Å². The predicted molar refractivity (Wildman–Crippen MR) is 130 cm³/mol. The number of nitrogens with zero attached hydrogens (tertiary/aromatic N) is 1. The maximum absolute atomic E-state index is 6.07. The normalized spacial score (nSPS) is 16.2. The Morgan fingerprint density at radius 1 is 0.900 bits per heavy atom. The molecule has 1 fully saturated rings. The number of likely N-dealkylation sites (tertiary alicyclic amines) is 1. The van der Waals surface area contributed by atoms with E-state index in [9.17, 15) is 0 Å². The summed E-state index contributed by atoms with van der Waals surface area (Å²) in [6.45, 7) is 4.24. The average Bonchev–Trinajstić information content (AvgIpc) is 3.19. The van der Waals surface area contributed by atoms with Crippen molar-refractivity contribution in [2.45, 2.75) is 36.5 Å². The zero-order valence-electron chi connectivity index (χ0n) is 17.8. The van der Waals surface area contributed by atoms with Crippen LogP contribution in [0.3, 0.4) is 0 Å². The minimum atomic E-state index is 0.270. The van der Waals surface area contributed by atoms with Crippen molar-refractivity contribution in [2.75, 3.05) is 32.5 Å². The molecule has 0 bridgehead atoms. The number of rotatable bonds is 8. The molecule has 30 heavy (non-hydrogen) atoms. The van der Waals surface area contributed by atoms with E-state index >= 15 is 0 Å². The van der Waals surface area contributed by atoms with Crippen LogP contribution in [0.5, 0.6) is 5.75 Å². The fourth-order valence-electron chi connectivity index (χ4n) is 4.18. The second-order valence-corrected chi connectivity index (χ2v) is 9.75. The lowest BCUT2D eigenvalue weighted by atomic mass is 9.90. The number of ether oxygens (including phenoxy) is 1. The van der Waals surface area contributed by atoms with E-state index in [0.717, 1.165) is 18.9 Å². The van der Waals surface area contributed by atoms with Gasteiger partial charge in [0.1, 0.15) is 12.4 Å². The Labute approximate surface area is 189 Å². The fraction of sp³-hybridized carbons (Fsp3) is 0.385. The van der Waals surface area contributed by atoms with Gasteiger partial charge in [0.15, 0.2) is 0 Å². The molecule has 0 N–H and O–H groups in total. The van der Waals surface area contributed by atoms with Gasteiger partial charge in [-0.1, -0.05) is 43.2 Å². The van der Waals surface area contributed by atoms with Crippen LogP contribution in [-0.2, 0) is 0 Å². The first-order valence-corrected chi connectivity index (χ1v) is 13.1. The molecule has 158 valence electrons. The molecule has 0 amide bonds. The monoisotopic (exact) mass is 437 g/mol. The molecule has 0 saturated carbocycles. The summed E-state index contributed by atoms with van der Waals surface area (Å²) in [5, 5.41) is 2.17. The predicted octanol–water partition coefficient (Wildman–Crippen LogP) is 6.91. The highest BCUT2D eigenvalue weighted by Crippen LogP contribution is 2.36. The summed E-state index contributed by atoms with van der Waals surface area (Å²) >= 11 is 3.61. The summed E-state index contributed by atoms with van der Waals surface area (Å²) < 4.78 is 6.07. The van der Waals surface area contributed by atoms with E-state index in [0.29, 0.717) is 0 Å². The minimum absolute atomic E-state index is 0.270. The quantitative estimate of drug-likeness (QED) is 0.355. The van der Waals surface area contributed by atoms with Crippen LogP contribution in [-0.4, -0.2) is 37.4 Å². The van der Waals surface area contributed by atoms with Gasteiger partial charge in [-0.25, -0.2) is 0 Å². The lowest BCUT2D eigenvalue weighted by Gasteiger charge is -2.20. The Kier molecular flexibility index (Phi) is 7.90. The van der Waals surface area contributed by atoms with Crippen LogP contribution in [0.15, 0.2) is 70.9 Å². The van der Waals surface area contributed by atoms with Crippen molar-refractivity contribution >= 4 is 23.1 Å². The number of hydrogen-bond acceptors (Lipinski definition) is 4. The van der Waals surface area contributed by atoms with E-state index in [4.69, 9.17) is 4.74 Å². The van der Waals surface area contributed by atoms with Crippen molar-refractivity contribution in [2.24, 2.45) is 0 Å². The summed E-state index contributed by atoms with van der Waals surface area (Å²) in [6.07, 6.45) is 7.54. The van der Waals surface area contributed by atoms with Crippen molar-refractivity contribution < 1.29 is 4.74 Å².